The van der Waals surface area contributed by atoms with Crippen molar-refractivity contribution in [2.24, 2.45) is 0 Å². The van der Waals surface area contributed by atoms with Gasteiger partial charge in [0.15, 0.2) is 0 Å². The summed E-state index contributed by atoms with van der Waals surface area (Å²) in [5.74, 6) is -0.786. The van der Waals surface area contributed by atoms with Crippen LogP contribution in [0.1, 0.15) is 13.3 Å². The van der Waals surface area contributed by atoms with E-state index in [-0.39, 0.29) is 24.1 Å². The van der Waals surface area contributed by atoms with Crippen LogP contribution in [-0.4, -0.2) is 28.8 Å². The average molecular weight is 332 g/mol. The zero-order valence-electron chi connectivity index (χ0n) is 9.85. The molecule has 98 valence electrons. The van der Waals surface area contributed by atoms with E-state index in [0.717, 1.165) is 9.37 Å². The van der Waals surface area contributed by atoms with Gasteiger partial charge in [0.25, 0.3) is 0 Å². The van der Waals surface area contributed by atoms with Gasteiger partial charge < -0.3 is 10.4 Å². The molecule has 1 aromatic rings. The minimum Gasteiger partial charge on any atom is -0.481 e. The SMILES string of the molecule is CC(CC(=O)O)NC(=O)CSc1ccc(Br)cc1. The normalized spacial score (nSPS) is 11.9. The summed E-state index contributed by atoms with van der Waals surface area (Å²) in [6.07, 6.45) is -0.0608. The lowest BCUT2D eigenvalue weighted by molar-refractivity contribution is -0.137. The molecule has 1 atom stereocenters. The molecular formula is C12H14BrNO3S. The minimum absolute atomic E-state index is 0.0608. The predicted octanol–water partition coefficient (Wildman–Crippen LogP) is 2.52. The number of aliphatic carboxylic acids is 1. The molecule has 4 nitrogen and oxygen atoms in total. The standard InChI is InChI=1S/C12H14BrNO3S/c1-8(6-12(16)17)14-11(15)7-18-10-4-2-9(13)3-5-10/h2-5,8H,6-7H2,1H3,(H,14,15)(H,16,17). The number of carboxylic acid groups (broad SMARTS) is 1. The van der Waals surface area contributed by atoms with Crippen molar-refractivity contribution in [2.75, 3.05) is 5.75 Å². The highest BCUT2D eigenvalue weighted by Gasteiger charge is 2.10. The molecule has 0 aliphatic carbocycles. The first kappa shape index (κ1) is 15.0. The maximum atomic E-state index is 11.5. The van der Waals surface area contributed by atoms with E-state index in [1.807, 2.05) is 24.3 Å². The fraction of sp³-hybridized carbons (Fsp3) is 0.333. The summed E-state index contributed by atoms with van der Waals surface area (Å²) in [5.41, 5.74) is 0. The molecule has 6 heteroatoms. The second kappa shape index (κ2) is 7.43. The molecule has 18 heavy (non-hydrogen) atoms. The molecule has 0 aromatic heterocycles. The molecular weight excluding hydrogens is 318 g/mol. The van der Waals surface area contributed by atoms with Gasteiger partial charge in [0.05, 0.1) is 12.2 Å². The highest BCUT2D eigenvalue weighted by Crippen LogP contribution is 2.20. The largest absolute Gasteiger partial charge is 0.481 e. The number of carbonyl (C=O) groups excluding carboxylic acids is 1. The summed E-state index contributed by atoms with van der Waals surface area (Å²) in [6, 6.07) is 7.31. The maximum absolute atomic E-state index is 11.5. The van der Waals surface area contributed by atoms with E-state index in [2.05, 4.69) is 21.2 Å². The number of hydrogen-bond donors (Lipinski definition) is 2. The summed E-state index contributed by atoms with van der Waals surface area (Å²) in [4.78, 5) is 23.0. The van der Waals surface area contributed by atoms with Gasteiger partial charge in [-0.25, -0.2) is 0 Å². The molecule has 1 aromatic carbocycles. The first-order valence-corrected chi connectivity index (χ1v) is 7.14. The van der Waals surface area contributed by atoms with Gasteiger partial charge in [0, 0.05) is 15.4 Å². The highest BCUT2D eigenvalue weighted by atomic mass is 79.9. The number of amides is 1. The third-order valence-electron chi connectivity index (χ3n) is 2.07. The van der Waals surface area contributed by atoms with Gasteiger partial charge in [-0.15, -0.1) is 11.8 Å². The van der Waals surface area contributed by atoms with Crippen molar-refractivity contribution in [1.82, 2.24) is 5.32 Å². The number of benzene rings is 1. The lowest BCUT2D eigenvalue weighted by atomic mass is 10.2. The molecule has 1 amide bonds. The second-order valence-electron chi connectivity index (χ2n) is 3.81. The molecule has 0 spiro atoms. The smallest absolute Gasteiger partial charge is 0.305 e. The van der Waals surface area contributed by atoms with Crippen LogP contribution in [0.25, 0.3) is 0 Å². The summed E-state index contributed by atoms with van der Waals surface area (Å²) < 4.78 is 0.992. The second-order valence-corrected chi connectivity index (χ2v) is 5.77. The Balaban J connectivity index is 2.32. The van der Waals surface area contributed by atoms with Crippen LogP contribution in [0.5, 0.6) is 0 Å². The number of carbonyl (C=O) groups is 2. The van der Waals surface area contributed by atoms with Crippen molar-refractivity contribution in [3.05, 3.63) is 28.7 Å². The Kier molecular flexibility index (Phi) is 6.21. The first-order valence-electron chi connectivity index (χ1n) is 5.37. The fourth-order valence-corrected chi connectivity index (χ4v) is 2.28. The van der Waals surface area contributed by atoms with Crippen LogP contribution < -0.4 is 5.32 Å². The highest BCUT2D eigenvalue weighted by molar-refractivity contribution is 9.10. The van der Waals surface area contributed by atoms with Gasteiger partial charge in [-0.3, -0.25) is 9.59 Å². The Morgan fingerprint density at radius 1 is 1.39 bits per heavy atom. The Hall–Kier alpha value is -1.01. The molecule has 2 N–H and O–H groups in total. The van der Waals surface area contributed by atoms with E-state index in [1.165, 1.54) is 11.8 Å². The molecule has 0 saturated carbocycles. The number of hydrogen-bond acceptors (Lipinski definition) is 3. The van der Waals surface area contributed by atoms with E-state index in [0.29, 0.717) is 0 Å². The number of thioether (sulfide) groups is 1. The monoisotopic (exact) mass is 331 g/mol. The number of carboxylic acids is 1. The zero-order chi connectivity index (χ0) is 13.5. The summed E-state index contributed by atoms with van der Waals surface area (Å²) in [5, 5.41) is 11.2. The predicted molar refractivity (Wildman–Crippen MR) is 74.7 cm³/mol. The van der Waals surface area contributed by atoms with Crippen LogP contribution in [0.15, 0.2) is 33.6 Å². The molecule has 1 unspecified atom stereocenters. The summed E-state index contributed by atoms with van der Waals surface area (Å²) in [6.45, 7) is 1.68. The van der Waals surface area contributed by atoms with E-state index in [1.54, 1.807) is 6.92 Å². The van der Waals surface area contributed by atoms with Crippen LogP contribution in [0.3, 0.4) is 0 Å². The van der Waals surface area contributed by atoms with Gasteiger partial charge in [0.2, 0.25) is 5.91 Å². The molecule has 0 fully saturated rings. The van der Waals surface area contributed by atoms with Crippen LogP contribution in [-0.2, 0) is 9.59 Å². The van der Waals surface area contributed by atoms with Crippen LogP contribution in [0, 0.1) is 0 Å². The number of rotatable bonds is 6. The van der Waals surface area contributed by atoms with Gasteiger partial charge >= 0.3 is 5.97 Å². The van der Waals surface area contributed by atoms with Crippen LogP contribution >= 0.6 is 27.7 Å². The molecule has 0 saturated heterocycles. The first-order chi connectivity index (χ1) is 8.47. The Labute approximate surface area is 118 Å². The van der Waals surface area contributed by atoms with Gasteiger partial charge in [-0.1, -0.05) is 15.9 Å². The van der Waals surface area contributed by atoms with E-state index >= 15 is 0 Å². The number of halogens is 1. The Bertz CT molecular complexity index is 422. The fourth-order valence-electron chi connectivity index (χ4n) is 1.31. The number of nitrogens with one attached hydrogen (secondary N) is 1. The van der Waals surface area contributed by atoms with Gasteiger partial charge in [0.1, 0.15) is 0 Å². The van der Waals surface area contributed by atoms with E-state index < -0.39 is 5.97 Å². The molecule has 1 rings (SSSR count). The molecule has 0 heterocycles. The minimum atomic E-state index is -0.914. The Morgan fingerprint density at radius 2 is 2.00 bits per heavy atom. The quantitative estimate of drug-likeness (QED) is 0.786. The summed E-state index contributed by atoms with van der Waals surface area (Å²) >= 11 is 4.75. The third kappa shape index (κ3) is 6.07. The average Bonchev–Trinajstić information content (AvgIpc) is 2.27. The molecule has 0 bridgehead atoms. The van der Waals surface area contributed by atoms with E-state index in [9.17, 15) is 9.59 Å². The van der Waals surface area contributed by atoms with Crippen molar-refractivity contribution < 1.29 is 14.7 Å². The van der Waals surface area contributed by atoms with Crippen molar-refractivity contribution in [2.45, 2.75) is 24.3 Å². The zero-order valence-corrected chi connectivity index (χ0v) is 12.3. The van der Waals surface area contributed by atoms with Crippen molar-refractivity contribution in [3.63, 3.8) is 0 Å². The maximum Gasteiger partial charge on any atom is 0.305 e. The molecule has 0 aliphatic rings. The van der Waals surface area contributed by atoms with Crippen molar-refractivity contribution in [3.8, 4) is 0 Å². The van der Waals surface area contributed by atoms with Crippen LogP contribution in [0.2, 0.25) is 0 Å². The lowest BCUT2D eigenvalue weighted by Crippen LogP contribution is -2.35. The van der Waals surface area contributed by atoms with Crippen molar-refractivity contribution >= 4 is 39.6 Å². The van der Waals surface area contributed by atoms with Crippen molar-refractivity contribution in [1.29, 1.82) is 0 Å². The van der Waals surface area contributed by atoms with Crippen LogP contribution in [0.4, 0.5) is 0 Å². The van der Waals surface area contributed by atoms with Gasteiger partial charge in [-0.2, -0.15) is 0 Å². The third-order valence-corrected chi connectivity index (χ3v) is 3.61. The topological polar surface area (TPSA) is 66.4 Å². The lowest BCUT2D eigenvalue weighted by Gasteiger charge is -2.11. The summed E-state index contributed by atoms with van der Waals surface area (Å²) in [7, 11) is 0. The van der Waals surface area contributed by atoms with Gasteiger partial charge in [-0.05, 0) is 31.2 Å². The Morgan fingerprint density at radius 3 is 2.56 bits per heavy atom. The van der Waals surface area contributed by atoms with E-state index in [4.69, 9.17) is 5.11 Å². The molecule has 0 radical (unpaired) electrons. The molecule has 0 aliphatic heterocycles.